The van der Waals surface area contributed by atoms with Crippen molar-refractivity contribution in [2.24, 2.45) is 0 Å². The van der Waals surface area contributed by atoms with Gasteiger partial charge < -0.3 is 0 Å². The average molecular weight is 130 g/mol. The van der Waals surface area contributed by atoms with Crippen molar-refractivity contribution >= 4 is 11.8 Å². The smallest absolute Gasteiger partial charge is 0.0158 e. The van der Waals surface area contributed by atoms with Gasteiger partial charge in [-0.3, -0.25) is 0 Å². The molecule has 48 valence electrons. The van der Waals surface area contributed by atoms with Crippen LogP contribution in [0.3, 0.4) is 0 Å². The van der Waals surface area contributed by atoms with Crippen LogP contribution in [-0.2, 0) is 0 Å². The summed E-state index contributed by atoms with van der Waals surface area (Å²) in [6, 6.07) is 0. The molecule has 0 N–H and O–H groups in total. The molecule has 0 bridgehead atoms. The van der Waals surface area contributed by atoms with Crippen LogP contribution < -0.4 is 0 Å². The first-order valence-electron chi connectivity index (χ1n) is 3.38. The second kappa shape index (κ2) is 2.30. The summed E-state index contributed by atoms with van der Waals surface area (Å²) in [5, 5.41) is 0. The van der Waals surface area contributed by atoms with Gasteiger partial charge in [-0.2, -0.15) is 11.8 Å². The van der Waals surface area contributed by atoms with E-state index in [1.54, 1.807) is 0 Å². The van der Waals surface area contributed by atoms with Crippen molar-refractivity contribution in [1.82, 2.24) is 0 Å². The summed E-state index contributed by atoms with van der Waals surface area (Å²) in [5.74, 6) is 0. The van der Waals surface area contributed by atoms with Gasteiger partial charge in [-0.25, -0.2) is 0 Å². The van der Waals surface area contributed by atoms with Crippen LogP contribution in [0.2, 0.25) is 0 Å². The molecule has 0 unspecified atom stereocenters. The highest BCUT2D eigenvalue weighted by atomic mass is 32.2. The van der Waals surface area contributed by atoms with Gasteiger partial charge in [0.2, 0.25) is 0 Å². The zero-order valence-corrected chi connectivity index (χ0v) is 6.55. The first-order chi connectivity index (χ1) is 3.83. The molecule has 0 aromatic carbocycles. The third kappa shape index (κ3) is 1.19. The Bertz CT molecular complexity index is 74.5. The lowest BCUT2D eigenvalue weighted by atomic mass is 10.2. The Hall–Kier alpha value is 0.350. The SMILES string of the molecule is CCCC1(SC)CC1. The van der Waals surface area contributed by atoms with Gasteiger partial charge in [0.05, 0.1) is 0 Å². The zero-order valence-electron chi connectivity index (χ0n) is 5.74. The Kier molecular flexibility index (Phi) is 1.86. The minimum absolute atomic E-state index is 0.759. The van der Waals surface area contributed by atoms with Crippen molar-refractivity contribution < 1.29 is 0 Å². The lowest BCUT2D eigenvalue weighted by Gasteiger charge is -2.07. The fourth-order valence-corrected chi connectivity index (χ4v) is 2.07. The van der Waals surface area contributed by atoms with Crippen molar-refractivity contribution in [3.05, 3.63) is 0 Å². The maximum absolute atomic E-state index is 2.27. The van der Waals surface area contributed by atoms with Gasteiger partial charge >= 0.3 is 0 Å². The van der Waals surface area contributed by atoms with Gasteiger partial charge in [0.25, 0.3) is 0 Å². The summed E-state index contributed by atoms with van der Waals surface area (Å²) in [6.07, 6.45) is 7.99. The second-order valence-corrected chi connectivity index (χ2v) is 3.91. The van der Waals surface area contributed by atoms with E-state index < -0.39 is 0 Å². The van der Waals surface area contributed by atoms with Crippen molar-refractivity contribution in [1.29, 1.82) is 0 Å². The molecule has 1 fully saturated rings. The molecule has 0 atom stereocenters. The van der Waals surface area contributed by atoms with E-state index in [0.717, 1.165) is 4.75 Å². The largest absolute Gasteiger partial charge is 0.159 e. The summed E-state index contributed by atoms with van der Waals surface area (Å²) in [7, 11) is 0. The Labute approximate surface area is 56.0 Å². The second-order valence-electron chi connectivity index (χ2n) is 2.64. The molecule has 1 rings (SSSR count). The van der Waals surface area contributed by atoms with Crippen molar-refractivity contribution in [3.8, 4) is 0 Å². The minimum Gasteiger partial charge on any atom is -0.159 e. The fourth-order valence-electron chi connectivity index (χ4n) is 1.15. The lowest BCUT2D eigenvalue weighted by molar-refractivity contribution is 0.749. The van der Waals surface area contributed by atoms with Crippen LogP contribution in [0, 0.1) is 0 Å². The summed E-state index contributed by atoms with van der Waals surface area (Å²) >= 11 is 2.06. The van der Waals surface area contributed by atoms with Crippen LogP contribution in [-0.4, -0.2) is 11.0 Å². The van der Waals surface area contributed by atoms with Crippen LogP contribution in [0.1, 0.15) is 32.6 Å². The summed E-state index contributed by atoms with van der Waals surface area (Å²) in [5.41, 5.74) is 0. The third-order valence-corrected chi connectivity index (χ3v) is 3.42. The van der Waals surface area contributed by atoms with E-state index in [0.29, 0.717) is 0 Å². The van der Waals surface area contributed by atoms with Gasteiger partial charge in [0.15, 0.2) is 0 Å². The quantitative estimate of drug-likeness (QED) is 0.566. The highest BCUT2D eigenvalue weighted by Crippen LogP contribution is 2.50. The van der Waals surface area contributed by atoms with Crippen molar-refractivity contribution in [2.45, 2.75) is 37.4 Å². The van der Waals surface area contributed by atoms with E-state index >= 15 is 0 Å². The van der Waals surface area contributed by atoms with Crippen LogP contribution in [0.5, 0.6) is 0 Å². The Morgan fingerprint density at radius 2 is 2.12 bits per heavy atom. The molecule has 1 saturated carbocycles. The molecule has 8 heavy (non-hydrogen) atoms. The molecule has 1 aliphatic carbocycles. The average Bonchev–Trinajstić information content (AvgIpc) is 2.50. The molecule has 0 aromatic rings. The Balaban J connectivity index is 2.20. The first kappa shape index (κ1) is 6.47. The molecule has 0 heterocycles. The molecule has 1 aliphatic rings. The molecule has 1 heteroatoms. The summed E-state index contributed by atoms with van der Waals surface area (Å²) in [6.45, 7) is 2.27. The van der Waals surface area contributed by atoms with Crippen molar-refractivity contribution in [2.75, 3.05) is 6.26 Å². The van der Waals surface area contributed by atoms with Crippen LogP contribution in [0.25, 0.3) is 0 Å². The standard InChI is InChI=1S/C7H14S/c1-3-4-7(8-2)5-6-7/h3-6H2,1-2H3. The third-order valence-electron chi connectivity index (χ3n) is 1.95. The van der Waals surface area contributed by atoms with Gasteiger partial charge in [-0.1, -0.05) is 13.3 Å². The normalized spacial score (nSPS) is 23.2. The number of thioether (sulfide) groups is 1. The summed E-state index contributed by atoms with van der Waals surface area (Å²) < 4.78 is 0.759. The maximum Gasteiger partial charge on any atom is 0.0158 e. The van der Waals surface area contributed by atoms with E-state index in [9.17, 15) is 0 Å². The highest BCUT2D eigenvalue weighted by molar-refractivity contribution is 8.00. The molecule has 0 amide bonds. The monoisotopic (exact) mass is 130 g/mol. The van der Waals surface area contributed by atoms with Crippen LogP contribution >= 0.6 is 11.8 Å². The molecule has 0 radical (unpaired) electrons. The Morgan fingerprint density at radius 1 is 1.50 bits per heavy atom. The predicted molar refractivity (Wildman–Crippen MR) is 40.4 cm³/mol. The van der Waals surface area contributed by atoms with Gasteiger partial charge in [-0.05, 0) is 25.5 Å². The van der Waals surface area contributed by atoms with E-state index in [2.05, 4.69) is 24.9 Å². The van der Waals surface area contributed by atoms with E-state index in [1.165, 1.54) is 25.7 Å². The molecular formula is C7H14S. The molecule has 0 aliphatic heterocycles. The number of hydrogen-bond donors (Lipinski definition) is 0. The van der Waals surface area contributed by atoms with Gasteiger partial charge in [0, 0.05) is 4.75 Å². The zero-order chi connectivity index (χ0) is 6.04. The maximum atomic E-state index is 2.27. The van der Waals surface area contributed by atoms with Gasteiger partial charge in [0.1, 0.15) is 0 Å². The molecule has 0 spiro atoms. The minimum atomic E-state index is 0.759. The van der Waals surface area contributed by atoms with E-state index in [4.69, 9.17) is 0 Å². The van der Waals surface area contributed by atoms with E-state index in [-0.39, 0.29) is 0 Å². The van der Waals surface area contributed by atoms with Crippen LogP contribution in [0.4, 0.5) is 0 Å². The predicted octanol–water partition coefficient (Wildman–Crippen LogP) is 2.68. The van der Waals surface area contributed by atoms with Crippen molar-refractivity contribution in [3.63, 3.8) is 0 Å². The highest BCUT2D eigenvalue weighted by Gasteiger charge is 2.40. The van der Waals surface area contributed by atoms with Gasteiger partial charge in [-0.15, -0.1) is 0 Å². The molecule has 0 saturated heterocycles. The van der Waals surface area contributed by atoms with E-state index in [1.807, 2.05) is 0 Å². The molecule has 0 nitrogen and oxygen atoms in total. The number of hydrogen-bond acceptors (Lipinski definition) is 1. The topological polar surface area (TPSA) is 0 Å². The molecular weight excluding hydrogens is 116 g/mol. The number of rotatable bonds is 3. The Morgan fingerprint density at radius 3 is 2.25 bits per heavy atom. The molecule has 0 aromatic heterocycles. The van der Waals surface area contributed by atoms with Crippen LogP contribution in [0.15, 0.2) is 0 Å². The lowest BCUT2D eigenvalue weighted by Crippen LogP contribution is -1.98. The first-order valence-corrected chi connectivity index (χ1v) is 4.60. The summed E-state index contributed by atoms with van der Waals surface area (Å²) in [4.78, 5) is 0. The fraction of sp³-hybridized carbons (Fsp3) is 1.00.